The smallest absolute Gasteiger partial charge is 0.129 e. The quantitative estimate of drug-likeness (QED) is 0.940. The molecule has 1 aliphatic rings. The van der Waals surface area contributed by atoms with Crippen molar-refractivity contribution in [3.05, 3.63) is 28.8 Å². The molecule has 1 aromatic carbocycles. The summed E-state index contributed by atoms with van der Waals surface area (Å²) in [5.41, 5.74) is 3.27. The van der Waals surface area contributed by atoms with Gasteiger partial charge in [-0.2, -0.15) is 0 Å². The summed E-state index contributed by atoms with van der Waals surface area (Å²) in [5, 5.41) is 6.27. The number of ether oxygens (including phenoxy) is 2. The van der Waals surface area contributed by atoms with Gasteiger partial charge in [-0.15, -0.1) is 11.3 Å². The van der Waals surface area contributed by atoms with Crippen molar-refractivity contribution in [1.29, 1.82) is 0 Å². The first-order valence-corrected chi connectivity index (χ1v) is 8.01. The minimum atomic E-state index is 0.233. The molecule has 3 rings (SSSR count). The molecule has 0 saturated carbocycles. The van der Waals surface area contributed by atoms with Crippen LogP contribution < -0.4 is 14.8 Å². The lowest BCUT2D eigenvalue weighted by Crippen LogP contribution is -2.12. The summed E-state index contributed by atoms with van der Waals surface area (Å²) in [6.07, 6.45) is 1.17. The molecule has 1 aromatic heterocycles. The number of benzene rings is 1. The van der Waals surface area contributed by atoms with Gasteiger partial charge in [0.15, 0.2) is 0 Å². The van der Waals surface area contributed by atoms with Gasteiger partial charge in [0.2, 0.25) is 0 Å². The van der Waals surface area contributed by atoms with Crippen LogP contribution in [0.15, 0.2) is 17.5 Å². The van der Waals surface area contributed by atoms with E-state index < -0.39 is 0 Å². The highest BCUT2D eigenvalue weighted by atomic mass is 32.1. The minimum absolute atomic E-state index is 0.233. The SMILES string of the molecule is CNC(C)c1csc(-c2cc3c(cc2OC)CC(C)O3)n1. The normalized spacial score (nSPS) is 18.2. The molecular weight excluding hydrogens is 284 g/mol. The molecule has 5 heteroatoms. The van der Waals surface area contributed by atoms with Gasteiger partial charge in [0.25, 0.3) is 0 Å². The Labute approximate surface area is 129 Å². The van der Waals surface area contributed by atoms with Crippen LogP contribution in [0.4, 0.5) is 0 Å². The summed E-state index contributed by atoms with van der Waals surface area (Å²) in [7, 11) is 3.64. The Hall–Kier alpha value is -1.59. The lowest BCUT2D eigenvalue weighted by Gasteiger charge is -2.09. The highest BCUT2D eigenvalue weighted by Crippen LogP contribution is 2.41. The van der Waals surface area contributed by atoms with Crippen LogP contribution in [0.25, 0.3) is 10.6 Å². The van der Waals surface area contributed by atoms with Crippen molar-refractivity contribution in [2.45, 2.75) is 32.4 Å². The van der Waals surface area contributed by atoms with Crippen molar-refractivity contribution in [1.82, 2.24) is 10.3 Å². The van der Waals surface area contributed by atoms with Crippen LogP contribution in [-0.4, -0.2) is 25.2 Å². The number of fused-ring (bicyclic) bond motifs is 1. The monoisotopic (exact) mass is 304 g/mol. The number of hydrogen-bond acceptors (Lipinski definition) is 5. The third-order valence-corrected chi connectivity index (χ3v) is 4.74. The largest absolute Gasteiger partial charge is 0.496 e. The van der Waals surface area contributed by atoms with Crippen molar-refractivity contribution in [2.24, 2.45) is 0 Å². The summed E-state index contributed by atoms with van der Waals surface area (Å²) in [5.74, 6) is 1.82. The van der Waals surface area contributed by atoms with E-state index in [-0.39, 0.29) is 12.1 Å². The average Bonchev–Trinajstić information content (AvgIpc) is 3.09. The van der Waals surface area contributed by atoms with Crippen molar-refractivity contribution in [3.8, 4) is 22.1 Å². The molecule has 0 fully saturated rings. The van der Waals surface area contributed by atoms with Crippen LogP contribution in [-0.2, 0) is 6.42 Å². The fourth-order valence-corrected chi connectivity index (χ4v) is 3.47. The second-order valence-corrected chi connectivity index (χ2v) is 6.24. The minimum Gasteiger partial charge on any atom is -0.496 e. The van der Waals surface area contributed by atoms with E-state index in [1.165, 1.54) is 5.56 Å². The Morgan fingerprint density at radius 1 is 1.48 bits per heavy atom. The molecule has 112 valence electrons. The van der Waals surface area contributed by atoms with Gasteiger partial charge in [0, 0.05) is 23.4 Å². The molecule has 0 spiro atoms. The van der Waals surface area contributed by atoms with Gasteiger partial charge in [-0.1, -0.05) is 0 Å². The van der Waals surface area contributed by atoms with E-state index in [1.807, 2.05) is 7.05 Å². The number of aromatic nitrogens is 1. The maximum atomic E-state index is 5.85. The van der Waals surface area contributed by atoms with E-state index in [9.17, 15) is 0 Å². The van der Waals surface area contributed by atoms with Gasteiger partial charge in [-0.05, 0) is 33.0 Å². The van der Waals surface area contributed by atoms with E-state index in [2.05, 4.69) is 36.7 Å². The molecule has 21 heavy (non-hydrogen) atoms. The average molecular weight is 304 g/mol. The zero-order valence-electron chi connectivity index (χ0n) is 12.8. The molecule has 1 N–H and O–H groups in total. The Balaban J connectivity index is 2.02. The molecule has 1 aliphatic heterocycles. The fraction of sp³-hybridized carbons (Fsp3) is 0.438. The lowest BCUT2D eigenvalue weighted by atomic mass is 10.1. The first-order chi connectivity index (χ1) is 10.1. The maximum absolute atomic E-state index is 5.85. The first-order valence-electron chi connectivity index (χ1n) is 7.13. The van der Waals surface area contributed by atoms with E-state index in [0.717, 1.165) is 34.2 Å². The molecule has 4 nitrogen and oxygen atoms in total. The van der Waals surface area contributed by atoms with Crippen LogP contribution in [0.2, 0.25) is 0 Å². The topological polar surface area (TPSA) is 43.4 Å². The van der Waals surface area contributed by atoms with Crippen LogP contribution in [0.1, 0.15) is 31.1 Å². The molecular formula is C16H20N2O2S. The van der Waals surface area contributed by atoms with Crippen molar-refractivity contribution in [3.63, 3.8) is 0 Å². The molecule has 0 bridgehead atoms. The van der Waals surface area contributed by atoms with Gasteiger partial charge in [-0.25, -0.2) is 4.98 Å². The highest BCUT2D eigenvalue weighted by Gasteiger charge is 2.23. The molecule has 2 atom stereocenters. The lowest BCUT2D eigenvalue weighted by molar-refractivity contribution is 0.254. The van der Waals surface area contributed by atoms with Crippen LogP contribution in [0.3, 0.4) is 0 Å². The molecule has 2 unspecified atom stereocenters. The summed E-state index contributed by atoms with van der Waals surface area (Å²) in [4.78, 5) is 4.72. The van der Waals surface area contributed by atoms with Crippen molar-refractivity contribution >= 4 is 11.3 Å². The third kappa shape index (κ3) is 2.63. The molecule has 0 radical (unpaired) electrons. The zero-order chi connectivity index (χ0) is 15.0. The standard InChI is InChI=1S/C16H20N2O2S/c1-9-5-11-6-15(19-4)12(7-14(11)20-9)16-18-13(8-21-16)10(2)17-3/h6-10,17H,5H2,1-4H3. The predicted octanol–water partition coefficient (Wildman–Crippen LogP) is 3.42. The zero-order valence-corrected chi connectivity index (χ0v) is 13.6. The number of rotatable bonds is 4. The third-order valence-electron chi connectivity index (χ3n) is 3.85. The first kappa shape index (κ1) is 14.4. The molecule has 0 aliphatic carbocycles. The van der Waals surface area contributed by atoms with Gasteiger partial charge < -0.3 is 14.8 Å². The Kier molecular flexibility index (Phi) is 3.87. The Bertz CT molecular complexity index is 654. The maximum Gasteiger partial charge on any atom is 0.129 e. The van der Waals surface area contributed by atoms with E-state index >= 15 is 0 Å². The second kappa shape index (κ2) is 5.66. The number of thiazole rings is 1. The highest BCUT2D eigenvalue weighted by molar-refractivity contribution is 7.13. The Morgan fingerprint density at radius 2 is 2.29 bits per heavy atom. The van der Waals surface area contributed by atoms with Crippen molar-refractivity contribution in [2.75, 3.05) is 14.2 Å². The number of nitrogens with zero attached hydrogens (tertiary/aromatic N) is 1. The van der Waals surface area contributed by atoms with Crippen LogP contribution >= 0.6 is 11.3 Å². The summed E-state index contributed by atoms with van der Waals surface area (Å²) < 4.78 is 11.4. The summed E-state index contributed by atoms with van der Waals surface area (Å²) in [6.45, 7) is 4.19. The fourth-order valence-electron chi connectivity index (χ4n) is 2.53. The molecule has 2 aromatic rings. The predicted molar refractivity (Wildman–Crippen MR) is 85.4 cm³/mol. The van der Waals surface area contributed by atoms with E-state index in [4.69, 9.17) is 14.5 Å². The van der Waals surface area contributed by atoms with E-state index in [1.54, 1.807) is 18.4 Å². The summed E-state index contributed by atoms with van der Waals surface area (Å²) >= 11 is 1.64. The summed E-state index contributed by atoms with van der Waals surface area (Å²) in [6, 6.07) is 4.38. The van der Waals surface area contributed by atoms with Crippen molar-refractivity contribution < 1.29 is 9.47 Å². The second-order valence-electron chi connectivity index (χ2n) is 5.38. The number of hydrogen-bond donors (Lipinski definition) is 1. The van der Waals surface area contributed by atoms with Gasteiger partial charge >= 0.3 is 0 Å². The number of nitrogens with one attached hydrogen (secondary N) is 1. The molecule has 0 saturated heterocycles. The van der Waals surface area contributed by atoms with E-state index in [0.29, 0.717) is 0 Å². The van der Waals surface area contributed by atoms with Gasteiger partial charge in [0.05, 0.1) is 18.4 Å². The molecule has 0 amide bonds. The van der Waals surface area contributed by atoms with Gasteiger partial charge in [0.1, 0.15) is 22.6 Å². The molecule has 2 heterocycles. The van der Waals surface area contributed by atoms with Gasteiger partial charge in [-0.3, -0.25) is 0 Å². The van der Waals surface area contributed by atoms with Crippen LogP contribution in [0.5, 0.6) is 11.5 Å². The Morgan fingerprint density at radius 3 is 3.00 bits per heavy atom. The van der Waals surface area contributed by atoms with Crippen LogP contribution in [0, 0.1) is 0 Å². The number of methoxy groups -OCH3 is 1.